The maximum absolute atomic E-state index is 12.2. The Morgan fingerprint density at radius 3 is 2.20 bits per heavy atom. The summed E-state index contributed by atoms with van der Waals surface area (Å²) in [5.41, 5.74) is 2.44. The van der Waals surface area contributed by atoms with E-state index < -0.39 is 8.03 Å². The first-order valence-electron chi connectivity index (χ1n) is 6.41. The Hall–Kier alpha value is -1.70. The number of ketones is 1. The van der Waals surface area contributed by atoms with Gasteiger partial charge in [0.05, 0.1) is 0 Å². The zero-order valence-electron chi connectivity index (χ0n) is 11.6. The molecule has 0 saturated carbocycles. The fourth-order valence-corrected chi connectivity index (χ4v) is 3.26. The molecule has 0 saturated heterocycles. The van der Waals surface area contributed by atoms with Crippen molar-refractivity contribution < 1.29 is 13.9 Å². The first-order chi connectivity index (χ1) is 9.59. The molecule has 20 heavy (non-hydrogen) atoms. The van der Waals surface area contributed by atoms with Crippen LogP contribution in [0.4, 0.5) is 0 Å². The van der Waals surface area contributed by atoms with Crippen LogP contribution in [0.25, 0.3) is 0 Å². The summed E-state index contributed by atoms with van der Waals surface area (Å²) in [6.45, 7) is 3.64. The summed E-state index contributed by atoms with van der Waals surface area (Å²) >= 11 is 0. The second-order valence-corrected chi connectivity index (χ2v) is 6.00. The van der Waals surface area contributed by atoms with Crippen molar-refractivity contribution in [1.29, 1.82) is 0 Å². The van der Waals surface area contributed by atoms with Crippen LogP contribution in [0, 0.1) is 13.8 Å². The van der Waals surface area contributed by atoms with Gasteiger partial charge >= 0.3 is 0 Å². The van der Waals surface area contributed by atoms with Gasteiger partial charge in [0.1, 0.15) is 6.61 Å². The zero-order chi connectivity index (χ0) is 14.5. The number of hydrogen-bond acceptors (Lipinski definition) is 3. The lowest BCUT2D eigenvalue weighted by molar-refractivity contribution is 0.0928. The van der Waals surface area contributed by atoms with Gasteiger partial charge in [-0.15, -0.1) is 0 Å². The van der Waals surface area contributed by atoms with Crippen LogP contribution in [0.2, 0.25) is 0 Å². The van der Waals surface area contributed by atoms with Crippen LogP contribution in [0.15, 0.2) is 48.5 Å². The molecule has 0 aliphatic heterocycles. The second-order valence-electron chi connectivity index (χ2n) is 4.63. The molecule has 0 bridgehead atoms. The number of rotatable bonds is 5. The third kappa shape index (κ3) is 3.44. The van der Waals surface area contributed by atoms with Crippen molar-refractivity contribution in [3.8, 4) is 0 Å². The first-order valence-corrected chi connectivity index (χ1v) is 7.73. The monoisotopic (exact) mass is 288 g/mol. The zero-order valence-corrected chi connectivity index (χ0v) is 12.6. The number of Topliss-reactive ketones (excluding diaryl/α,β-unsaturated/α-hetero) is 1. The molecule has 0 aliphatic rings. The summed E-state index contributed by atoms with van der Waals surface area (Å²) < 4.78 is 17.5. The van der Waals surface area contributed by atoms with Gasteiger partial charge in [-0.25, -0.2) is 0 Å². The van der Waals surface area contributed by atoms with Gasteiger partial charge in [-0.3, -0.25) is 9.36 Å². The summed E-state index contributed by atoms with van der Waals surface area (Å²) in [5, 5.41) is 0.721. The fourth-order valence-electron chi connectivity index (χ4n) is 2.05. The third-order valence-electron chi connectivity index (χ3n) is 3.12. The molecule has 0 N–H and O–H groups in total. The van der Waals surface area contributed by atoms with Crippen molar-refractivity contribution >= 4 is 19.1 Å². The Balaban J connectivity index is 2.05. The molecule has 1 unspecified atom stereocenters. The molecule has 2 aromatic rings. The van der Waals surface area contributed by atoms with E-state index in [1.54, 1.807) is 24.3 Å². The van der Waals surface area contributed by atoms with E-state index in [0.29, 0.717) is 5.56 Å². The van der Waals surface area contributed by atoms with Crippen LogP contribution in [-0.4, -0.2) is 12.4 Å². The van der Waals surface area contributed by atoms with Crippen LogP contribution in [0.1, 0.15) is 21.5 Å². The molecule has 4 heteroatoms. The number of carbonyl (C=O) groups is 1. The molecule has 0 heterocycles. The standard InChI is InChI=1S/C16H17O3P/c1-12-7-6-8-13(2)16(12)20(18)19-11-15(17)14-9-4-3-5-10-14/h3-10,20H,11H2,1-2H3. The molecule has 0 radical (unpaired) electrons. The van der Waals surface area contributed by atoms with E-state index in [1.807, 2.05) is 38.1 Å². The molecule has 0 aliphatic carbocycles. The smallest absolute Gasteiger partial charge is 0.221 e. The lowest BCUT2D eigenvalue weighted by Crippen LogP contribution is -2.11. The SMILES string of the molecule is Cc1cccc(C)c1[PH](=O)OCC(=O)c1ccccc1. The highest BCUT2D eigenvalue weighted by atomic mass is 31.1. The van der Waals surface area contributed by atoms with E-state index in [-0.39, 0.29) is 12.4 Å². The highest BCUT2D eigenvalue weighted by Gasteiger charge is 2.13. The lowest BCUT2D eigenvalue weighted by Gasteiger charge is -2.09. The largest absolute Gasteiger partial charge is 0.319 e. The molecule has 0 aromatic heterocycles. The van der Waals surface area contributed by atoms with Gasteiger partial charge in [0.2, 0.25) is 8.03 Å². The van der Waals surface area contributed by atoms with Gasteiger partial charge in [0.25, 0.3) is 0 Å². The number of benzene rings is 2. The van der Waals surface area contributed by atoms with E-state index in [9.17, 15) is 9.36 Å². The minimum absolute atomic E-state index is 0.157. The maximum atomic E-state index is 12.2. The molecular weight excluding hydrogens is 271 g/mol. The van der Waals surface area contributed by atoms with Crippen molar-refractivity contribution in [2.75, 3.05) is 6.61 Å². The summed E-state index contributed by atoms with van der Waals surface area (Å²) in [6, 6.07) is 14.6. The minimum Gasteiger partial charge on any atom is -0.319 e. The van der Waals surface area contributed by atoms with Crippen LogP contribution >= 0.6 is 8.03 Å². The van der Waals surface area contributed by atoms with Crippen molar-refractivity contribution in [2.45, 2.75) is 13.8 Å². The van der Waals surface area contributed by atoms with Crippen LogP contribution in [0.5, 0.6) is 0 Å². The van der Waals surface area contributed by atoms with E-state index >= 15 is 0 Å². The van der Waals surface area contributed by atoms with E-state index in [1.165, 1.54) is 0 Å². The average molecular weight is 288 g/mol. The Bertz CT molecular complexity index is 615. The fraction of sp³-hybridized carbons (Fsp3) is 0.188. The van der Waals surface area contributed by atoms with Gasteiger partial charge in [-0.1, -0.05) is 48.5 Å². The molecule has 2 rings (SSSR count). The van der Waals surface area contributed by atoms with Gasteiger partial charge in [-0.05, 0) is 25.0 Å². The van der Waals surface area contributed by atoms with Gasteiger partial charge in [-0.2, -0.15) is 0 Å². The van der Waals surface area contributed by atoms with Crippen LogP contribution < -0.4 is 5.30 Å². The molecule has 3 nitrogen and oxygen atoms in total. The summed E-state index contributed by atoms with van der Waals surface area (Å²) in [7, 11) is -2.40. The number of carbonyl (C=O) groups excluding carboxylic acids is 1. The van der Waals surface area contributed by atoms with Crippen molar-refractivity contribution in [1.82, 2.24) is 0 Å². The molecule has 0 fully saturated rings. The van der Waals surface area contributed by atoms with Crippen molar-refractivity contribution in [3.05, 3.63) is 65.2 Å². The summed E-state index contributed by atoms with van der Waals surface area (Å²) in [4.78, 5) is 11.9. The molecule has 2 aromatic carbocycles. The molecule has 104 valence electrons. The van der Waals surface area contributed by atoms with E-state index in [0.717, 1.165) is 16.4 Å². The number of hydrogen-bond donors (Lipinski definition) is 0. The van der Waals surface area contributed by atoms with Crippen molar-refractivity contribution in [3.63, 3.8) is 0 Å². The van der Waals surface area contributed by atoms with Crippen LogP contribution in [-0.2, 0) is 9.09 Å². The first kappa shape index (κ1) is 14.7. The normalized spacial score (nSPS) is 12.1. The summed E-state index contributed by atoms with van der Waals surface area (Å²) in [5.74, 6) is -0.157. The minimum atomic E-state index is -2.40. The topological polar surface area (TPSA) is 43.4 Å². The third-order valence-corrected chi connectivity index (χ3v) is 4.72. The highest BCUT2D eigenvalue weighted by molar-refractivity contribution is 7.48. The Kier molecular flexibility index (Phi) is 4.89. The predicted molar refractivity (Wildman–Crippen MR) is 81.3 cm³/mol. The van der Waals surface area contributed by atoms with E-state index in [2.05, 4.69) is 0 Å². The van der Waals surface area contributed by atoms with Gasteiger partial charge < -0.3 is 4.52 Å². The lowest BCUT2D eigenvalue weighted by atomic mass is 10.1. The molecule has 0 spiro atoms. The second kappa shape index (κ2) is 6.65. The quantitative estimate of drug-likeness (QED) is 0.626. The van der Waals surface area contributed by atoms with Crippen molar-refractivity contribution in [2.24, 2.45) is 0 Å². The highest BCUT2D eigenvalue weighted by Crippen LogP contribution is 2.25. The van der Waals surface area contributed by atoms with E-state index in [4.69, 9.17) is 4.52 Å². The Labute approximate surface area is 119 Å². The Morgan fingerprint density at radius 1 is 1.00 bits per heavy atom. The van der Waals surface area contributed by atoms with Gasteiger partial charge in [0, 0.05) is 10.9 Å². The molecule has 1 atom stereocenters. The predicted octanol–water partition coefficient (Wildman–Crippen LogP) is 3.30. The van der Waals surface area contributed by atoms with Crippen LogP contribution in [0.3, 0.4) is 0 Å². The molecule has 0 amide bonds. The maximum Gasteiger partial charge on any atom is 0.221 e. The molecular formula is C16H17O3P. The van der Waals surface area contributed by atoms with Gasteiger partial charge in [0.15, 0.2) is 5.78 Å². The summed E-state index contributed by atoms with van der Waals surface area (Å²) in [6.07, 6.45) is 0. The number of aryl methyl sites for hydroxylation is 2. The Morgan fingerprint density at radius 2 is 1.60 bits per heavy atom. The average Bonchev–Trinajstić information content (AvgIpc) is 2.45.